The lowest BCUT2D eigenvalue weighted by Gasteiger charge is -1.96. The highest BCUT2D eigenvalue weighted by atomic mass is 15.4. The summed E-state index contributed by atoms with van der Waals surface area (Å²) in [6.45, 7) is 2.15. The maximum atomic E-state index is 4.05. The van der Waals surface area contributed by atoms with Crippen LogP contribution in [0.4, 0.5) is 0 Å². The largest absolute Gasteiger partial charge is 0.297 e. The first-order chi connectivity index (χ1) is 6.42. The van der Waals surface area contributed by atoms with E-state index in [1.807, 2.05) is 28.9 Å². The first-order valence-corrected chi connectivity index (χ1v) is 4.55. The quantitative estimate of drug-likeness (QED) is 0.660. The molecule has 1 aromatic carbocycles. The molecule has 0 aliphatic heterocycles. The Morgan fingerprint density at radius 3 is 3.08 bits per heavy atom. The van der Waals surface area contributed by atoms with Gasteiger partial charge in [0, 0.05) is 0 Å². The summed E-state index contributed by atoms with van der Waals surface area (Å²) in [6, 6.07) is 7.98. The van der Waals surface area contributed by atoms with Crippen molar-refractivity contribution in [1.82, 2.24) is 14.9 Å². The normalized spacial score (nSPS) is 10.5. The second kappa shape index (κ2) is 3.60. The van der Waals surface area contributed by atoms with E-state index in [0.717, 1.165) is 23.8 Å². The molecule has 0 N–H and O–H groups in total. The Kier molecular flexibility index (Phi) is 2.30. The van der Waals surface area contributed by atoms with Crippen molar-refractivity contribution in [1.29, 1.82) is 0 Å². The monoisotopic (exact) mass is 172 g/mol. The second-order valence-electron chi connectivity index (χ2n) is 2.99. The lowest BCUT2D eigenvalue weighted by Crippen LogP contribution is -2.06. The fourth-order valence-corrected chi connectivity index (χ4v) is 1.27. The molecule has 4 heteroatoms. The average Bonchev–Trinajstić information content (AvgIpc) is 2.58. The molecule has 65 valence electrons. The van der Waals surface area contributed by atoms with Crippen LogP contribution in [0.2, 0.25) is 6.32 Å². The van der Waals surface area contributed by atoms with Gasteiger partial charge < -0.3 is 0 Å². The predicted octanol–water partition coefficient (Wildman–Crippen LogP) is 1.73. The molecule has 13 heavy (non-hydrogen) atoms. The van der Waals surface area contributed by atoms with Gasteiger partial charge in [0.2, 0.25) is 0 Å². The Morgan fingerprint density at radius 2 is 2.23 bits per heavy atom. The Labute approximate surface area is 78.0 Å². The third-order valence-electron chi connectivity index (χ3n) is 1.97. The van der Waals surface area contributed by atoms with E-state index >= 15 is 0 Å². The summed E-state index contributed by atoms with van der Waals surface area (Å²) in [5, 5.41) is 8.10. The van der Waals surface area contributed by atoms with E-state index in [2.05, 4.69) is 24.7 Å². The van der Waals surface area contributed by atoms with Crippen molar-refractivity contribution in [3.63, 3.8) is 0 Å². The van der Waals surface area contributed by atoms with E-state index in [4.69, 9.17) is 0 Å². The fraction of sp³-hybridized carbons (Fsp3) is 0.333. The first-order valence-electron chi connectivity index (χ1n) is 4.55. The summed E-state index contributed by atoms with van der Waals surface area (Å²) in [6.07, 6.45) is 2.17. The smallest absolute Gasteiger partial charge is 0.282 e. The summed E-state index contributed by atoms with van der Waals surface area (Å²) in [7, 11) is 2.06. The van der Waals surface area contributed by atoms with Crippen LogP contribution in [-0.4, -0.2) is 22.3 Å². The summed E-state index contributed by atoms with van der Waals surface area (Å²) >= 11 is 0. The second-order valence-corrected chi connectivity index (χ2v) is 2.99. The van der Waals surface area contributed by atoms with E-state index < -0.39 is 0 Å². The van der Waals surface area contributed by atoms with Crippen LogP contribution < -0.4 is 0 Å². The van der Waals surface area contributed by atoms with Crippen LogP contribution in [0.25, 0.3) is 11.0 Å². The number of rotatable bonds is 3. The molecular formula is C9H11BN3. The number of hydrogen-bond acceptors (Lipinski definition) is 2. The molecule has 3 nitrogen and oxygen atoms in total. The standard InChI is InChI=1S/C9H11BN3/c1-2-7-10-13-9-6-4-3-5-8(9)11-12-13/h3-6H,2,7H2,1H3. The van der Waals surface area contributed by atoms with Crippen molar-refractivity contribution in [3.05, 3.63) is 24.3 Å². The Bertz CT molecular complexity index is 396. The predicted molar refractivity (Wildman–Crippen MR) is 53.8 cm³/mol. The highest BCUT2D eigenvalue weighted by Crippen LogP contribution is 2.08. The van der Waals surface area contributed by atoms with Gasteiger partial charge in [-0.2, -0.15) is 0 Å². The highest BCUT2D eigenvalue weighted by molar-refractivity contribution is 6.34. The van der Waals surface area contributed by atoms with Crippen LogP contribution in [0.1, 0.15) is 13.3 Å². The molecule has 1 heterocycles. The van der Waals surface area contributed by atoms with Crippen molar-refractivity contribution < 1.29 is 0 Å². The zero-order chi connectivity index (χ0) is 9.10. The number of aromatic nitrogens is 3. The molecule has 0 atom stereocenters. The third-order valence-corrected chi connectivity index (χ3v) is 1.97. The highest BCUT2D eigenvalue weighted by Gasteiger charge is 2.02. The topological polar surface area (TPSA) is 30.7 Å². The zero-order valence-electron chi connectivity index (χ0n) is 7.64. The van der Waals surface area contributed by atoms with Crippen LogP contribution in [0.5, 0.6) is 0 Å². The summed E-state index contributed by atoms with van der Waals surface area (Å²) in [5.41, 5.74) is 2.03. The van der Waals surface area contributed by atoms with Gasteiger partial charge in [-0.15, -0.1) is 5.10 Å². The van der Waals surface area contributed by atoms with Gasteiger partial charge in [0.1, 0.15) is 5.52 Å². The molecule has 0 amide bonds. The number of benzene rings is 1. The molecule has 1 aromatic heterocycles. The molecular weight excluding hydrogens is 161 g/mol. The fourth-order valence-electron chi connectivity index (χ4n) is 1.27. The minimum atomic E-state index is 0.954. The minimum absolute atomic E-state index is 0.954. The van der Waals surface area contributed by atoms with E-state index in [1.54, 1.807) is 0 Å². The van der Waals surface area contributed by atoms with Gasteiger partial charge in [-0.25, -0.2) is 0 Å². The molecule has 2 aromatic rings. The van der Waals surface area contributed by atoms with Crippen LogP contribution >= 0.6 is 0 Å². The summed E-state index contributed by atoms with van der Waals surface area (Å²) < 4.78 is 1.85. The van der Waals surface area contributed by atoms with E-state index in [-0.39, 0.29) is 0 Å². The number of para-hydroxylation sites is 1. The number of hydrogen-bond donors (Lipinski definition) is 0. The van der Waals surface area contributed by atoms with Gasteiger partial charge in [-0.3, -0.25) is 4.59 Å². The van der Waals surface area contributed by atoms with Crippen LogP contribution in [-0.2, 0) is 0 Å². The minimum Gasteiger partial charge on any atom is -0.297 e. The Hall–Kier alpha value is -1.32. The number of fused-ring (bicyclic) bond motifs is 1. The molecule has 2 rings (SSSR count). The zero-order valence-corrected chi connectivity index (χ0v) is 7.64. The van der Waals surface area contributed by atoms with Crippen molar-refractivity contribution in [2.45, 2.75) is 19.7 Å². The third kappa shape index (κ3) is 1.57. The molecule has 0 unspecified atom stereocenters. The summed E-state index contributed by atoms with van der Waals surface area (Å²) in [4.78, 5) is 0. The van der Waals surface area contributed by atoms with Gasteiger partial charge in [-0.05, 0) is 12.1 Å². The Morgan fingerprint density at radius 1 is 1.38 bits per heavy atom. The van der Waals surface area contributed by atoms with Crippen molar-refractivity contribution in [3.8, 4) is 0 Å². The van der Waals surface area contributed by atoms with Crippen LogP contribution in [0.15, 0.2) is 24.3 Å². The van der Waals surface area contributed by atoms with Gasteiger partial charge >= 0.3 is 0 Å². The molecule has 0 spiro atoms. The first kappa shape index (κ1) is 8.29. The van der Waals surface area contributed by atoms with Crippen molar-refractivity contribution in [2.24, 2.45) is 0 Å². The van der Waals surface area contributed by atoms with Gasteiger partial charge in [-0.1, -0.05) is 37.0 Å². The lowest BCUT2D eigenvalue weighted by atomic mass is 9.87. The van der Waals surface area contributed by atoms with Gasteiger partial charge in [0.25, 0.3) is 7.41 Å². The molecule has 0 bridgehead atoms. The Balaban J connectivity index is 2.35. The molecule has 0 saturated carbocycles. The van der Waals surface area contributed by atoms with Gasteiger partial charge in [0.15, 0.2) is 0 Å². The maximum absolute atomic E-state index is 4.05. The van der Waals surface area contributed by atoms with Crippen molar-refractivity contribution >= 4 is 18.4 Å². The van der Waals surface area contributed by atoms with Crippen molar-refractivity contribution in [2.75, 3.05) is 0 Å². The average molecular weight is 172 g/mol. The van der Waals surface area contributed by atoms with E-state index in [9.17, 15) is 0 Å². The van der Waals surface area contributed by atoms with Crippen LogP contribution in [0.3, 0.4) is 0 Å². The SMILES string of the molecule is CCC[B]n1nnc2ccccc21. The molecule has 0 saturated heterocycles. The van der Waals surface area contributed by atoms with Gasteiger partial charge in [0.05, 0.1) is 5.52 Å². The number of nitrogens with zero attached hydrogens (tertiary/aromatic N) is 3. The lowest BCUT2D eigenvalue weighted by molar-refractivity contribution is 0.875. The molecule has 0 fully saturated rings. The van der Waals surface area contributed by atoms with Crippen LogP contribution in [0, 0.1) is 0 Å². The van der Waals surface area contributed by atoms with E-state index in [1.165, 1.54) is 0 Å². The molecule has 0 aliphatic carbocycles. The van der Waals surface area contributed by atoms with E-state index in [0.29, 0.717) is 0 Å². The molecule has 0 aliphatic rings. The maximum Gasteiger partial charge on any atom is 0.282 e. The molecule has 1 radical (unpaired) electrons. The summed E-state index contributed by atoms with van der Waals surface area (Å²) in [5.74, 6) is 0.